The lowest BCUT2D eigenvalue weighted by Crippen LogP contribution is -2.42. The van der Waals surface area contributed by atoms with E-state index in [1.165, 1.54) is 4.88 Å². The van der Waals surface area contributed by atoms with Gasteiger partial charge < -0.3 is 11.5 Å². The molecule has 0 saturated carbocycles. The molecule has 0 bridgehead atoms. The molecule has 0 radical (unpaired) electrons. The van der Waals surface area contributed by atoms with Crippen molar-refractivity contribution < 1.29 is 4.79 Å². The van der Waals surface area contributed by atoms with Gasteiger partial charge in [0.05, 0.1) is 6.04 Å². The number of hydrogen-bond donors (Lipinski definition) is 2. The molecule has 1 amide bonds. The van der Waals surface area contributed by atoms with Crippen LogP contribution < -0.4 is 11.5 Å². The zero-order chi connectivity index (χ0) is 13.1. The average Bonchev–Trinajstić information content (AvgIpc) is 2.77. The Hall–Kier alpha value is -0.430. The Morgan fingerprint density at radius 2 is 2.22 bits per heavy atom. The number of likely N-dealkylation sites (tertiary alicyclic amines) is 1. The van der Waals surface area contributed by atoms with Gasteiger partial charge >= 0.3 is 0 Å². The number of carbonyl (C=O) groups excluding carboxylic acids is 1. The SMILES string of the molecule is NCC(c1cc(Br)cs1)N1CCC(C(N)=O)CC1. The summed E-state index contributed by atoms with van der Waals surface area (Å²) in [5.41, 5.74) is 11.2. The normalized spacial score (nSPS) is 19.9. The maximum Gasteiger partial charge on any atom is 0.220 e. The maximum absolute atomic E-state index is 11.1. The summed E-state index contributed by atoms with van der Waals surface area (Å²) in [4.78, 5) is 14.8. The fourth-order valence-corrected chi connectivity index (χ4v) is 4.04. The molecule has 0 aliphatic carbocycles. The monoisotopic (exact) mass is 331 g/mol. The van der Waals surface area contributed by atoms with E-state index >= 15 is 0 Å². The number of nitrogens with zero attached hydrogens (tertiary/aromatic N) is 1. The second-order valence-corrected chi connectivity index (χ2v) is 6.49. The molecule has 0 spiro atoms. The Balaban J connectivity index is 2.00. The van der Waals surface area contributed by atoms with Gasteiger partial charge in [-0.15, -0.1) is 11.3 Å². The Morgan fingerprint density at radius 3 is 2.67 bits per heavy atom. The molecule has 18 heavy (non-hydrogen) atoms. The summed E-state index contributed by atoms with van der Waals surface area (Å²) in [7, 11) is 0. The van der Waals surface area contributed by atoms with Crippen LogP contribution in [-0.4, -0.2) is 30.4 Å². The Bertz CT molecular complexity index is 415. The van der Waals surface area contributed by atoms with Crippen LogP contribution in [0.3, 0.4) is 0 Å². The van der Waals surface area contributed by atoms with Crippen LogP contribution in [0, 0.1) is 5.92 Å². The van der Waals surface area contributed by atoms with Crippen molar-refractivity contribution in [3.63, 3.8) is 0 Å². The van der Waals surface area contributed by atoms with Gasteiger partial charge in [-0.1, -0.05) is 0 Å². The van der Waals surface area contributed by atoms with Crippen LogP contribution in [0.25, 0.3) is 0 Å². The molecule has 1 aromatic heterocycles. The van der Waals surface area contributed by atoms with Crippen molar-refractivity contribution in [2.24, 2.45) is 17.4 Å². The van der Waals surface area contributed by atoms with Gasteiger partial charge in [-0.25, -0.2) is 0 Å². The first kappa shape index (κ1) is 14.0. The number of carbonyl (C=O) groups is 1. The molecule has 100 valence electrons. The number of rotatable bonds is 4. The number of primary amides is 1. The summed E-state index contributed by atoms with van der Waals surface area (Å²) in [6.45, 7) is 2.39. The molecule has 4 N–H and O–H groups in total. The lowest BCUT2D eigenvalue weighted by atomic mass is 9.95. The minimum Gasteiger partial charge on any atom is -0.369 e. The topological polar surface area (TPSA) is 72.3 Å². The first-order valence-electron chi connectivity index (χ1n) is 6.09. The van der Waals surface area contributed by atoms with E-state index in [4.69, 9.17) is 11.5 Å². The fraction of sp³-hybridized carbons (Fsp3) is 0.583. The Morgan fingerprint density at radius 1 is 1.56 bits per heavy atom. The van der Waals surface area contributed by atoms with Crippen molar-refractivity contribution in [1.82, 2.24) is 4.90 Å². The first-order chi connectivity index (χ1) is 8.61. The van der Waals surface area contributed by atoms with E-state index < -0.39 is 0 Å². The predicted molar refractivity (Wildman–Crippen MR) is 77.3 cm³/mol. The van der Waals surface area contributed by atoms with E-state index in [9.17, 15) is 4.79 Å². The number of hydrogen-bond acceptors (Lipinski definition) is 4. The highest BCUT2D eigenvalue weighted by Gasteiger charge is 2.28. The molecular formula is C12H18BrN3OS. The van der Waals surface area contributed by atoms with Crippen molar-refractivity contribution in [3.05, 3.63) is 20.8 Å². The molecule has 1 unspecified atom stereocenters. The lowest BCUT2D eigenvalue weighted by Gasteiger charge is -2.35. The van der Waals surface area contributed by atoms with E-state index in [2.05, 4.69) is 32.3 Å². The van der Waals surface area contributed by atoms with E-state index in [-0.39, 0.29) is 17.9 Å². The van der Waals surface area contributed by atoms with Gasteiger partial charge in [0.2, 0.25) is 5.91 Å². The number of thiophene rings is 1. The molecule has 0 aromatic carbocycles. The molecule has 6 heteroatoms. The molecule has 2 heterocycles. The summed E-state index contributed by atoms with van der Waals surface area (Å²) in [5, 5.41) is 2.08. The van der Waals surface area contributed by atoms with E-state index in [1.807, 2.05) is 0 Å². The standard InChI is InChI=1S/C12H18BrN3OS/c13-9-5-11(18-7-9)10(6-14)16-3-1-8(2-4-16)12(15)17/h5,7-8,10H,1-4,6,14H2,(H2,15,17). The zero-order valence-corrected chi connectivity index (χ0v) is 12.5. The molecule has 2 rings (SSSR count). The quantitative estimate of drug-likeness (QED) is 0.882. The van der Waals surface area contributed by atoms with Gasteiger partial charge in [0.15, 0.2) is 0 Å². The maximum atomic E-state index is 11.1. The van der Waals surface area contributed by atoms with Crippen LogP contribution in [0.2, 0.25) is 0 Å². The van der Waals surface area contributed by atoms with Crippen LogP contribution in [0.15, 0.2) is 15.9 Å². The van der Waals surface area contributed by atoms with Crippen molar-refractivity contribution in [3.8, 4) is 0 Å². The van der Waals surface area contributed by atoms with Crippen LogP contribution in [0.1, 0.15) is 23.8 Å². The first-order valence-corrected chi connectivity index (χ1v) is 7.76. The summed E-state index contributed by atoms with van der Waals surface area (Å²) in [6, 6.07) is 2.39. The second kappa shape index (κ2) is 6.14. The third kappa shape index (κ3) is 3.12. The lowest BCUT2D eigenvalue weighted by molar-refractivity contribution is -0.123. The summed E-state index contributed by atoms with van der Waals surface area (Å²) in [6.07, 6.45) is 1.69. The predicted octanol–water partition coefficient (Wildman–Crippen LogP) is 1.71. The van der Waals surface area contributed by atoms with Crippen molar-refractivity contribution in [2.75, 3.05) is 19.6 Å². The number of amides is 1. The van der Waals surface area contributed by atoms with Gasteiger partial charge in [-0.05, 0) is 47.9 Å². The summed E-state index contributed by atoms with van der Waals surface area (Å²) < 4.78 is 1.10. The van der Waals surface area contributed by atoms with Crippen molar-refractivity contribution in [2.45, 2.75) is 18.9 Å². The number of nitrogens with two attached hydrogens (primary N) is 2. The van der Waals surface area contributed by atoms with Crippen molar-refractivity contribution in [1.29, 1.82) is 0 Å². The van der Waals surface area contributed by atoms with Gasteiger partial charge in [0.25, 0.3) is 0 Å². The third-order valence-corrected chi connectivity index (χ3v) is 5.31. The van der Waals surface area contributed by atoms with Crippen LogP contribution in [-0.2, 0) is 4.79 Å². The van der Waals surface area contributed by atoms with Crippen LogP contribution in [0.4, 0.5) is 0 Å². The minimum atomic E-state index is -0.169. The molecule has 1 aliphatic rings. The highest BCUT2D eigenvalue weighted by atomic mass is 79.9. The third-order valence-electron chi connectivity index (χ3n) is 3.51. The molecular weight excluding hydrogens is 314 g/mol. The van der Waals surface area contributed by atoms with Gasteiger partial charge in [-0.2, -0.15) is 0 Å². The average molecular weight is 332 g/mol. The van der Waals surface area contributed by atoms with E-state index in [0.29, 0.717) is 6.54 Å². The highest BCUT2D eigenvalue weighted by Crippen LogP contribution is 2.31. The molecule has 1 saturated heterocycles. The molecule has 1 aliphatic heterocycles. The fourth-order valence-electron chi connectivity index (χ4n) is 2.44. The van der Waals surface area contributed by atoms with E-state index in [0.717, 1.165) is 30.4 Å². The number of piperidine rings is 1. The molecule has 1 atom stereocenters. The minimum absolute atomic E-state index is 0.0368. The molecule has 1 fully saturated rings. The molecule has 1 aromatic rings. The zero-order valence-electron chi connectivity index (χ0n) is 10.1. The molecule has 4 nitrogen and oxygen atoms in total. The summed E-state index contributed by atoms with van der Waals surface area (Å²) in [5.74, 6) is -0.132. The van der Waals surface area contributed by atoms with Crippen molar-refractivity contribution >= 4 is 33.2 Å². The number of halogens is 1. The summed E-state index contributed by atoms with van der Waals surface area (Å²) >= 11 is 5.19. The van der Waals surface area contributed by atoms with E-state index in [1.54, 1.807) is 11.3 Å². The van der Waals surface area contributed by atoms with Gasteiger partial charge in [0.1, 0.15) is 0 Å². The highest BCUT2D eigenvalue weighted by molar-refractivity contribution is 9.10. The van der Waals surface area contributed by atoms with Gasteiger partial charge in [0, 0.05) is 27.2 Å². The largest absolute Gasteiger partial charge is 0.369 e. The van der Waals surface area contributed by atoms with Crippen LogP contribution >= 0.6 is 27.3 Å². The Kier molecular flexibility index (Phi) is 4.77. The second-order valence-electron chi connectivity index (χ2n) is 4.63. The smallest absolute Gasteiger partial charge is 0.220 e. The Labute approximate surface area is 119 Å². The van der Waals surface area contributed by atoms with Gasteiger partial charge in [-0.3, -0.25) is 9.69 Å². The van der Waals surface area contributed by atoms with Crippen LogP contribution in [0.5, 0.6) is 0 Å².